The van der Waals surface area contributed by atoms with E-state index in [1.165, 1.54) is 17.4 Å². The molecule has 2 rings (SSSR count). The molecular weight excluding hydrogens is 361 g/mol. The highest BCUT2D eigenvalue weighted by Gasteiger charge is 2.23. The summed E-state index contributed by atoms with van der Waals surface area (Å²) in [6, 6.07) is 1.37. The lowest BCUT2D eigenvalue weighted by atomic mass is 10.2. The molecule has 0 aliphatic carbocycles. The average molecular weight is 379 g/mol. The first-order valence-corrected chi connectivity index (χ1v) is 9.99. The third-order valence-electron chi connectivity index (χ3n) is 3.47. The summed E-state index contributed by atoms with van der Waals surface area (Å²) in [4.78, 5) is 22.5. The number of hydrogen-bond donors (Lipinski definition) is 0. The molecule has 2 heterocycles. The number of hydrogen-bond acceptors (Lipinski definition) is 6. The predicted octanol–water partition coefficient (Wildman–Crippen LogP) is 3.16. The largest absolute Gasteiger partial charge is 0.305 e. The summed E-state index contributed by atoms with van der Waals surface area (Å²) in [7, 11) is 1.22. The van der Waals surface area contributed by atoms with Gasteiger partial charge >= 0.3 is 0 Å². The molecule has 6 nitrogen and oxygen atoms in total. The van der Waals surface area contributed by atoms with Crippen molar-refractivity contribution < 1.29 is 9.18 Å². The number of anilines is 1. The standard InChI is InChI=1S/C16H18FN5OS2/c1-10(8-25(4)20-9-18)15(23)22(3)16-11(2)21-14(24-16)12-5-13(17)7-19-6-12/h5-7,10H,8H2,1-4H3. The fraction of sp³-hybridized carbons (Fsp3) is 0.375. The molecule has 2 unspecified atom stereocenters. The van der Waals surface area contributed by atoms with Gasteiger partial charge in [-0.3, -0.25) is 9.78 Å². The molecule has 0 bridgehead atoms. The minimum absolute atomic E-state index is 0.0665. The minimum atomic E-state index is -0.472. The third kappa shape index (κ3) is 4.67. The average Bonchev–Trinajstić information content (AvgIpc) is 2.95. The monoisotopic (exact) mass is 379 g/mol. The molecule has 1 amide bonds. The molecule has 2 atom stereocenters. The zero-order valence-electron chi connectivity index (χ0n) is 14.4. The van der Waals surface area contributed by atoms with Gasteiger partial charge in [-0.1, -0.05) is 29.0 Å². The Balaban J connectivity index is 2.22. The lowest BCUT2D eigenvalue weighted by Gasteiger charge is -2.20. The lowest BCUT2D eigenvalue weighted by molar-refractivity contribution is -0.120. The van der Waals surface area contributed by atoms with Crippen molar-refractivity contribution >= 4 is 32.9 Å². The fourth-order valence-electron chi connectivity index (χ4n) is 2.32. The second-order valence-corrected chi connectivity index (χ2v) is 8.25. The Labute approximate surface area is 152 Å². The molecule has 0 aliphatic rings. The summed E-state index contributed by atoms with van der Waals surface area (Å²) in [6.07, 6.45) is 6.29. The summed E-state index contributed by atoms with van der Waals surface area (Å²) in [5, 5.41) is 9.92. The van der Waals surface area contributed by atoms with Crippen molar-refractivity contribution in [1.82, 2.24) is 9.97 Å². The van der Waals surface area contributed by atoms with Crippen LogP contribution < -0.4 is 4.90 Å². The Kier molecular flexibility index (Phi) is 6.33. The number of carbonyl (C=O) groups excluding carboxylic acids is 1. The number of aromatic nitrogens is 2. The Bertz CT molecular complexity index is 858. The van der Waals surface area contributed by atoms with E-state index in [1.807, 2.05) is 20.1 Å². The molecule has 0 saturated heterocycles. The van der Waals surface area contributed by atoms with Crippen molar-refractivity contribution in [3.63, 3.8) is 0 Å². The Morgan fingerprint density at radius 3 is 2.92 bits per heavy atom. The number of rotatable bonds is 5. The van der Waals surface area contributed by atoms with Crippen molar-refractivity contribution in [2.75, 3.05) is 24.0 Å². The zero-order chi connectivity index (χ0) is 18.6. The number of pyridine rings is 1. The third-order valence-corrected chi connectivity index (χ3v) is 6.13. The van der Waals surface area contributed by atoms with Crippen molar-refractivity contribution in [2.45, 2.75) is 13.8 Å². The number of halogens is 1. The number of nitriles is 1. The van der Waals surface area contributed by atoms with Crippen LogP contribution in [0.25, 0.3) is 10.6 Å². The Morgan fingerprint density at radius 1 is 1.56 bits per heavy atom. The number of aryl methyl sites for hydroxylation is 1. The molecule has 0 fully saturated rings. The molecule has 0 spiro atoms. The Hall–Kier alpha value is -2.18. The molecule has 2 aromatic heterocycles. The number of thiazole rings is 1. The zero-order valence-corrected chi connectivity index (χ0v) is 16.0. The van der Waals surface area contributed by atoms with Gasteiger partial charge in [0.05, 0.1) is 11.9 Å². The van der Waals surface area contributed by atoms with Gasteiger partial charge in [-0.15, -0.1) is 0 Å². The fourth-order valence-corrected chi connectivity index (χ4v) is 4.42. The number of amides is 1. The first kappa shape index (κ1) is 19.1. The Morgan fingerprint density at radius 2 is 2.28 bits per heavy atom. The van der Waals surface area contributed by atoms with E-state index in [9.17, 15) is 9.18 Å². The van der Waals surface area contributed by atoms with Crippen LogP contribution in [0.15, 0.2) is 22.8 Å². The van der Waals surface area contributed by atoms with E-state index in [-0.39, 0.29) is 11.8 Å². The van der Waals surface area contributed by atoms with Crippen LogP contribution in [0.4, 0.5) is 9.39 Å². The number of carbonyl (C=O) groups is 1. The van der Waals surface area contributed by atoms with E-state index in [2.05, 4.69) is 14.3 Å². The maximum atomic E-state index is 13.4. The van der Waals surface area contributed by atoms with Crippen LogP contribution in [-0.2, 0) is 15.5 Å². The highest BCUT2D eigenvalue weighted by molar-refractivity contribution is 7.86. The predicted molar refractivity (Wildman–Crippen MR) is 98.8 cm³/mol. The smallest absolute Gasteiger partial charge is 0.231 e. The van der Waals surface area contributed by atoms with Crippen LogP contribution in [-0.4, -0.2) is 34.9 Å². The normalized spacial score (nSPS) is 13.3. The second-order valence-electron chi connectivity index (χ2n) is 5.56. The molecular formula is C16H18FN5OS2. The van der Waals surface area contributed by atoms with E-state index in [1.54, 1.807) is 24.3 Å². The highest BCUT2D eigenvalue weighted by atomic mass is 32.2. The van der Waals surface area contributed by atoms with Crippen LogP contribution in [0.1, 0.15) is 12.6 Å². The number of nitrogens with zero attached hydrogens (tertiary/aromatic N) is 5. The van der Waals surface area contributed by atoms with E-state index >= 15 is 0 Å². The van der Waals surface area contributed by atoms with Gasteiger partial charge in [-0.25, -0.2) is 9.37 Å². The molecule has 0 aliphatic heterocycles. The van der Waals surface area contributed by atoms with Gasteiger partial charge in [0, 0.05) is 30.5 Å². The molecule has 0 saturated carbocycles. The molecule has 0 aromatic carbocycles. The van der Waals surface area contributed by atoms with Gasteiger partial charge in [-0.2, -0.15) is 9.62 Å². The molecule has 132 valence electrons. The summed E-state index contributed by atoms with van der Waals surface area (Å²) >= 11 is 1.32. The van der Waals surface area contributed by atoms with Crippen molar-refractivity contribution in [1.29, 1.82) is 5.26 Å². The van der Waals surface area contributed by atoms with Gasteiger partial charge in [0.2, 0.25) is 12.1 Å². The molecule has 2 aromatic rings. The van der Waals surface area contributed by atoms with Gasteiger partial charge in [-0.05, 0) is 19.2 Å². The second kappa shape index (κ2) is 8.27. The topological polar surface area (TPSA) is 82.2 Å². The molecule has 9 heteroatoms. The summed E-state index contributed by atoms with van der Waals surface area (Å²) in [5.41, 5.74) is 1.28. The first-order chi connectivity index (χ1) is 11.8. The van der Waals surface area contributed by atoms with Crippen LogP contribution >= 0.6 is 11.3 Å². The van der Waals surface area contributed by atoms with E-state index in [0.29, 0.717) is 27.0 Å². The quantitative estimate of drug-likeness (QED) is 0.747. The minimum Gasteiger partial charge on any atom is -0.305 e. The molecule has 25 heavy (non-hydrogen) atoms. The molecule has 0 radical (unpaired) electrons. The van der Waals surface area contributed by atoms with Crippen molar-refractivity contribution in [3.8, 4) is 16.8 Å². The van der Waals surface area contributed by atoms with Gasteiger partial charge in [0.15, 0.2) is 0 Å². The van der Waals surface area contributed by atoms with Crippen LogP contribution in [0.5, 0.6) is 0 Å². The molecule has 0 N–H and O–H groups in total. The van der Waals surface area contributed by atoms with E-state index < -0.39 is 16.5 Å². The van der Waals surface area contributed by atoms with Gasteiger partial charge < -0.3 is 4.90 Å². The maximum absolute atomic E-state index is 13.4. The van der Waals surface area contributed by atoms with Crippen molar-refractivity contribution in [2.24, 2.45) is 10.3 Å². The SMILES string of the molecule is Cc1nc(-c2cncc(F)c2)sc1N(C)C(=O)C(C)CS(C)=NC#N. The van der Waals surface area contributed by atoms with Crippen LogP contribution in [0.3, 0.4) is 0 Å². The summed E-state index contributed by atoms with van der Waals surface area (Å²) < 4.78 is 17.1. The lowest BCUT2D eigenvalue weighted by Crippen LogP contribution is -2.33. The van der Waals surface area contributed by atoms with Gasteiger partial charge in [0.25, 0.3) is 0 Å². The first-order valence-electron chi connectivity index (χ1n) is 7.42. The van der Waals surface area contributed by atoms with Gasteiger partial charge in [0.1, 0.15) is 15.8 Å². The van der Waals surface area contributed by atoms with Crippen molar-refractivity contribution in [3.05, 3.63) is 30.0 Å². The maximum Gasteiger partial charge on any atom is 0.231 e. The summed E-state index contributed by atoms with van der Waals surface area (Å²) in [5.74, 6) is -0.240. The van der Waals surface area contributed by atoms with E-state index in [0.717, 1.165) is 6.20 Å². The van der Waals surface area contributed by atoms with E-state index in [4.69, 9.17) is 5.26 Å². The highest BCUT2D eigenvalue weighted by Crippen LogP contribution is 2.34. The summed E-state index contributed by atoms with van der Waals surface area (Å²) in [6.45, 7) is 3.63. The van der Waals surface area contributed by atoms with Crippen LogP contribution in [0, 0.1) is 30.1 Å². The van der Waals surface area contributed by atoms with Crippen LogP contribution in [0.2, 0.25) is 0 Å².